The van der Waals surface area contributed by atoms with Gasteiger partial charge in [-0.15, -0.1) is 11.3 Å². The van der Waals surface area contributed by atoms with Crippen molar-refractivity contribution >= 4 is 27.0 Å². The van der Waals surface area contributed by atoms with Gasteiger partial charge in [0.05, 0.1) is 37.7 Å². The van der Waals surface area contributed by atoms with E-state index in [0.29, 0.717) is 40.8 Å². The molecule has 2 atom stereocenters. The van der Waals surface area contributed by atoms with Crippen LogP contribution in [0.3, 0.4) is 0 Å². The van der Waals surface area contributed by atoms with E-state index in [1.165, 1.54) is 22.4 Å². The van der Waals surface area contributed by atoms with Crippen molar-refractivity contribution in [2.75, 3.05) is 12.3 Å². The molecule has 0 saturated heterocycles. The van der Waals surface area contributed by atoms with Crippen LogP contribution in [-0.2, 0) is 22.8 Å². The van der Waals surface area contributed by atoms with Crippen molar-refractivity contribution in [3.63, 3.8) is 0 Å². The lowest BCUT2D eigenvalue weighted by molar-refractivity contribution is -0.184. The van der Waals surface area contributed by atoms with E-state index < -0.39 is 21.8 Å². The average Bonchev–Trinajstić information content (AvgIpc) is 3.40. The first-order valence-corrected chi connectivity index (χ1v) is 15.4. The number of carbonyl (C=O) groups is 1. The van der Waals surface area contributed by atoms with E-state index in [9.17, 15) is 22.2 Å². The monoisotopic (exact) mass is 556 g/mol. The van der Waals surface area contributed by atoms with E-state index in [4.69, 9.17) is 4.78 Å². The number of nitrogens with zero attached hydrogens (tertiary/aromatic N) is 2. The van der Waals surface area contributed by atoms with Crippen LogP contribution in [0.25, 0.3) is 0 Å². The Morgan fingerprint density at radius 2 is 1.97 bits per heavy atom. The van der Waals surface area contributed by atoms with Crippen molar-refractivity contribution in [3.05, 3.63) is 45.4 Å². The third-order valence-electron chi connectivity index (χ3n) is 7.55. The molecule has 0 unspecified atom stereocenters. The van der Waals surface area contributed by atoms with E-state index in [0.717, 1.165) is 12.1 Å². The maximum atomic E-state index is 13.0. The van der Waals surface area contributed by atoms with Gasteiger partial charge < -0.3 is 5.32 Å². The molecular formula is C26H35F3N4O2S2. The summed E-state index contributed by atoms with van der Waals surface area (Å²) in [5, 5.41) is 2.90. The Hall–Kier alpha value is -1.98. The lowest BCUT2D eigenvalue weighted by Crippen LogP contribution is -2.35. The second-order valence-corrected chi connectivity index (χ2v) is 14.0. The van der Waals surface area contributed by atoms with Crippen molar-refractivity contribution < 1.29 is 22.2 Å². The highest BCUT2D eigenvalue weighted by molar-refractivity contribution is 7.92. The average molecular weight is 557 g/mol. The van der Waals surface area contributed by atoms with Crippen LogP contribution >= 0.6 is 11.3 Å². The Balaban J connectivity index is 1.36. The van der Waals surface area contributed by atoms with E-state index >= 15 is 0 Å². The van der Waals surface area contributed by atoms with Gasteiger partial charge in [-0.3, -0.25) is 14.7 Å². The second kappa shape index (κ2) is 11.0. The zero-order valence-electron chi connectivity index (χ0n) is 21.4. The van der Waals surface area contributed by atoms with Gasteiger partial charge in [-0.2, -0.15) is 13.2 Å². The third kappa shape index (κ3) is 6.37. The predicted molar refractivity (Wildman–Crippen MR) is 139 cm³/mol. The van der Waals surface area contributed by atoms with Crippen LogP contribution in [0.4, 0.5) is 13.2 Å². The van der Waals surface area contributed by atoms with Crippen molar-refractivity contribution in [2.24, 2.45) is 17.8 Å². The SMILES string of the molecule is CC[S@](=N)(=O)c1ccc(CNC(=O)c2cc3c(s2)[C@H](C(C)C)N(CC2CCC(C(F)(F)F)CC2)C3)nc1. The zero-order chi connectivity index (χ0) is 27.0. The third-order valence-corrected chi connectivity index (χ3v) is 10.6. The molecule has 2 N–H and O–H groups in total. The summed E-state index contributed by atoms with van der Waals surface area (Å²) < 4.78 is 59.1. The maximum Gasteiger partial charge on any atom is 0.391 e. The Bertz CT molecular complexity index is 1200. The Morgan fingerprint density at radius 1 is 1.27 bits per heavy atom. The summed E-state index contributed by atoms with van der Waals surface area (Å²) >= 11 is 1.49. The van der Waals surface area contributed by atoms with E-state index in [2.05, 4.69) is 29.0 Å². The van der Waals surface area contributed by atoms with Gasteiger partial charge in [-0.25, -0.2) is 8.99 Å². The molecule has 1 amide bonds. The molecule has 0 radical (unpaired) electrons. The zero-order valence-corrected chi connectivity index (χ0v) is 23.1. The quantitative estimate of drug-likeness (QED) is 0.395. The lowest BCUT2D eigenvalue weighted by Gasteiger charge is -2.35. The number of thiophene rings is 1. The van der Waals surface area contributed by atoms with Gasteiger partial charge in [0.2, 0.25) is 0 Å². The molecule has 3 heterocycles. The molecule has 0 aromatic carbocycles. The van der Waals surface area contributed by atoms with Gasteiger partial charge in [0.15, 0.2) is 0 Å². The summed E-state index contributed by atoms with van der Waals surface area (Å²) in [6.45, 7) is 7.74. The summed E-state index contributed by atoms with van der Waals surface area (Å²) in [6, 6.07) is 5.42. The van der Waals surface area contributed by atoms with Gasteiger partial charge in [0.1, 0.15) is 0 Å². The maximum absolute atomic E-state index is 13.0. The first kappa shape index (κ1) is 28.0. The molecule has 2 aromatic heterocycles. The summed E-state index contributed by atoms with van der Waals surface area (Å²) in [5.74, 6) is -0.518. The van der Waals surface area contributed by atoms with Gasteiger partial charge in [0.25, 0.3) is 5.91 Å². The van der Waals surface area contributed by atoms with Crippen LogP contribution in [0.5, 0.6) is 0 Å². The molecule has 2 aliphatic rings. The molecule has 1 fully saturated rings. The standard InChI is InChI=1S/C26H35F3N4O2S2/c1-4-37(30,35)21-10-9-20(31-13-21)12-32-25(34)22-11-18-15-33(23(16(2)3)24(18)36-22)14-17-5-7-19(8-6-17)26(27,28)29/h9-11,13,16-17,19,23,30H,4-8,12,14-15H2,1-3H3,(H,32,34)/t17?,19?,23-,37-/m0/s1. The van der Waals surface area contributed by atoms with Crippen LogP contribution in [0.2, 0.25) is 0 Å². The normalized spacial score (nSPS) is 24.1. The number of nitrogens with one attached hydrogen (secondary N) is 2. The number of fused-ring (bicyclic) bond motifs is 1. The Labute approximate surface area is 221 Å². The fourth-order valence-electron chi connectivity index (χ4n) is 5.45. The van der Waals surface area contributed by atoms with Crippen LogP contribution in [0.1, 0.15) is 78.3 Å². The molecule has 6 nitrogen and oxygen atoms in total. The minimum atomic E-state index is -4.08. The van der Waals surface area contributed by atoms with Crippen molar-refractivity contribution in [2.45, 2.75) is 76.7 Å². The second-order valence-electron chi connectivity index (χ2n) is 10.5. The summed E-state index contributed by atoms with van der Waals surface area (Å²) in [5.41, 5.74) is 1.75. The Kier molecular flexibility index (Phi) is 8.35. The highest BCUT2D eigenvalue weighted by Crippen LogP contribution is 2.46. The van der Waals surface area contributed by atoms with Crippen LogP contribution < -0.4 is 5.32 Å². The number of aromatic nitrogens is 1. The topological polar surface area (TPSA) is 86.2 Å². The Morgan fingerprint density at radius 3 is 2.54 bits per heavy atom. The molecule has 0 spiro atoms. The van der Waals surface area contributed by atoms with Crippen molar-refractivity contribution in [1.29, 1.82) is 4.78 Å². The van der Waals surface area contributed by atoms with E-state index in [1.807, 2.05) is 6.07 Å². The number of pyridine rings is 1. The molecule has 2 aromatic rings. The molecule has 1 aliphatic carbocycles. The number of halogens is 3. The molecule has 0 bridgehead atoms. The summed E-state index contributed by atoms with van der Waals surface area (Å²) in [6.07, 6.45) is -0.979. The molecule has 37 heavy (non-hydrogen) atoms. The number of amides is 1. The molecule has 1 saturated carbocycles. The molecule has 1 aliphatic heterocycles. The highest BCUT2D eigenvalue weighted by Gasteiger charge is 2.42. The largest absolute Gasteiger partial charge is 0.391 e. The number of alkyl halides is 3. The fraction of sp³-hybridized carbons (Fsp3) is 0.615. The number of hydrogen-bond acceptors (Lipinski definition) is 6. The van der Waals surface area contributed by atoms with Crippen LogP contribution in [0.15, 0.2) is 29.3 Å². The number of rotatable bonds is 8. The van der Waals surface area contributed by atoms with Gasteiger partial charge in [-0.1, -0.05) is 20.8 Å². The van der Waals surface area contributed by atoms with Gasteiger partial charge in [-0.05, 0) is 61.3 Å². The van der Waals surface area contributed by atoms with Crippen molar-refractivity contribution in [3.8, 4) is 0 Å². The first-order valence-electron chi connectivity index (χ1n) is 12.8. The van der Waals surface area contributed by atoms with E-state index in [-0.39, 0.29) is 43.0 Å². The van der Waals surface area contributed by atoms with Crippen LogP contribution in [0, 0.1) is 22.5 Å². The number of hydrogen-bond donors (Lipinski definition) is 2. The lowest BCUT2D eigenvalue weighted by atomic mass is 9.81. The summed E-state index contributed by atoms with van der Waals surface area (Å²) in [4.78, 5) is 21.7. The summed E-state index contributed by atoms with van der Waals surface area (Å²) in [7, 11) is -2.82. The molecule has 4 rings (SSSR count). The van der Waals surface area contributed by atoms with Gasteiger partial charge in [0, 0.05) is 36.0 Å². The molecular weight excluding hydrogens is 521 g/mol. The number of carbonyl (C=O) groups excluding carboxylic acids is 1. The predicted octanol–water partition coefficient (Wildman–Crippen LogP) is 6.38. The molecule has 204 valence electrons. The molecule has 11 heteroatoms. The highest BCUT2D eigenvalue weighted by atomic mass is 32.2. The minimum absolute atomic E-state index is 0.161. The van der Waals surface area contributed by atoms with Crippen molar-refractivity contribution in [1.82, 2.24) is 15.2 Å². The first-order chi connectivity index (χ1) is 17.4. The van der Waals surface area contributed by atoms with E-state index in [1.54, 1.807) is 19.1 Å². The van der Waals surface area contributed by atoms with Gasteiger partial charge >= 0.3 is 6.18 Å². The van der Waals surface area contributed by atoms with Crippen LogP contribution in [-0.4, -0.2) is 38.5 Å². The minimum Gasteiger partial charge on any atom is -0.346 e. The smallest absolute Gasteiger partial charge is 0.346 e. The fourth-order valence-corrected chi connectivity index (χ4v) is 7.70.